The second-order valence-corrected chi connectivity index (χ2v) is 7.24. The number of benzene rings is 2. The molecule has 1 aromatic heterocycles. The molecule has 1 atom stereocenters. The van der Waals surface area contributed by atoms with E-state index in [2.05, 4.69) is 20.5 Å². The van der Waals surface area contributed by atoms with Gasteiger partial charge in [0.2, 0.25) is 5.91 Å². The van der Waals surface area contributed by atoms with Gasteiger partial charge in [0.05, 0.1) is 10.2 Å². The Balaban J connectivity index is 1.59. The predicted octanol–water partition coefficient (Wildman–Crippen LogP) is 3.81. The van der Waals surface area contributed by atoms with Crippen molar-refractivity contribution in [1.29, 1.82) is 0 Å². The highest BCUT2D eigenvalue weighted by atomic mass is 32.2. The normalized spacial score (nSPS) is 11.8. The van der Waals surface area contributed by atoms with Crippen molar-refractivity contribution in [3.8, 4) is 11.4 Å². The zero-order chi connectivity index (χ0) is 19.4. The van der Waals surface area contributed by atoms with E-state index in [1.54, 1.807) is 31.2 Å². The fourth-order valence-electron chi connectivity index (χ4n) is 2.32. The number of hydrogen-bond donors (Lipinski definition) is 2. The van der Waals surface area contributed by atoms with Gasteiger partial charge in [0.25, 0.3) is 5.69 Å². The molecular weight excluding hydrogens is 366 g/mol. The predicted molar refractivity (Wildman–Crippen MR) is 104 cm³/mol. The maximum Gasteiger partial charge on any atom is 0.269 e. The summed E-state index contributed by atoms with van der Waals surface area (Å²) >= 11 is 1.34. The molecule has 0 saturated heterocycles. The lowest BCUT2D eigenvalue weighted by molar-refractivity contribution is -0.384. The van der Waals surface area contributed by atoms with Crippen LogP contribution in [0.2, 0.25) is 0 Å². The number of carbonyl (C=O) groups excluding carboxylic acids is 1. The lowest BCUT2D eigenvalue weighted by Gasteiger charge is -2.12. The molecular formula is C18H17N5O3S. The van der Waals surface area contributed by atoms with Crippen LogP contribution in [0.4, 0.5) is 11.4 Å². The Morgan fingerprint density at radius 3 is 2.41 bits per heavy atom. The highest BCUT2D eigenvalue weighted by molar-refractivity contribution is 8.00. The van der Waals surface area contributed by atoms with E-state index >= 15 is 0 Å². The van der Waals surface area contributed by atoms with Gasteiger partial charge >= 0.3 is 0 Å². The number of carbonyl (C=O) groups is 1. The van der Waals surface area contributed by atoms with E-state index in [9.17, 15) is 14.9 Å². The first-order valence-corrected chi connectivity index (χ1v) is 9.02. The number of non-ortho nitro benzene ring substituents is 1. The van der Waals surface area contributed by atoms with Crippen LogP contribution >= 0.6 is 11.8 Å². The Bertz CT molecular complexity index is 954. The van der Waals surface area contributed by atoms with Gasteiger partial charge in [-0.2, -0.15) is 5.10 Å². The summed E-state index contributed by atoms with van der Waals surface area (Å²) in [5.74, 6) is 1.19. The maximum atomic E-state index is 12.4. The second-order valence-electron chi connectivity index (χ2n) is 5.82. The number of amides is 1. The molecule has 1 heterocycles. The average molecular weight is 383 g/mol. The van der Waals surface area contributed by atoms with Gasteiger partial charge in [-0.3, -0.25) is 20.0 Å². The molecule has 27 heavy (non-hydrogen) atoms. The summed E-state index contributed by atoms with van der Waals surface area (Å²) in [5.41, 5.74) is 1.55. The fourth-order valence-corrected chi connectivity index (χ4v) is 3.19. The van der Waals surface area contributed by atoms with Crippen LogP contribution in [0, 0.1) is 17.0 Å². The van der Waals surface area contributed by atoms with Crippen molar-refractivity contribution < 1.29 is 9.72 Å². The first-order chi connectivity index (χ1) is 12.9. The summed E-state index contributed by atoms with van der Waals surface area (Å²) < 4.78 is 0. The summed E-state index contributed by atoms with van der Waals surface area (Å²) in [6.07, 6.45) is 0. The zero-order valence-electron chi connectivity index (χ0n) is 14.7. The third kappa shape index (κ3) is 4.70. The van der Waals surface area contributed by atoms with Crippen LogP contribution in [0.15, 0.2) is 53.4 Å². The molecule has 1 unspecified atom stereocenters. The molecule has 0 aliphatic rings. The smallest absolute Gasteiger partial charge is 0.269 e. The van der Waals surface area contributed by atoms with Crippen LogP contribution in [0.3, 0.4) is 0 Å². The fraction of sp³-hybridized carbons (Fsp3) is 0.167. The van der Waals surface area contributed by atoms with Gasteiger partial charge in [0.1, 0.15) is 5.82 Å². The van der Waals surface area contributed by atoms with Gasteiger partial charge < -0.3 is 5.32 Å². The number of nitro benzene ring substituents is 1. The Morgan fingerprint density at radius 1 is 1.19 bits per heavy atom. The zero-order valence-corrected chi connectivity index (χ0v) is 15.5. The van der Waals surface area contributed by atoms with Crippen molar-refractivity contribution in [2.24, 2.45) is 0 Å². The molecule has 0 radical (unpaired) electrons. The van der Waals surface area contributed by atoms with Gasteiger partial charge in [-0.25, -0.2) is 4.98 Å². The van der Waals surface area contributed by atoms with Crippen molar-refractivity contribution in [3.63, 3.8) is 0 Å². The Kier molecular flexibility index (Phi) is 5.51. The van der Waals surface area contributed by atoms with Gasteiger partial charge in [-0.1, -0.05) is 0 Å². The molecule has 0 spiro atoms. The number of nitrogens with one attached hydrogen (secondary N) is 2. The van der Waals surface area contributed by atoms with Crippen LogP contribution in [0.5, 0.6) is 0 Å². The maximum absolute atomic E-state index is 12.4. The highest BCUT2D eigenvalue weighted by Gasteiger charge is 2.15. The number of rotatable bonds is 6. The third-order valence-electron chi connectivity index (χ3n) is 3.74. The summed E-state index contributed by atoms with van der Waals surface area (Å²) in [6, 6.07) is 13.4. The summed E-state index contributed by atoms with van der Waals surface area (Å²) in [4.78, 5) is 27.7. The average Bonchev–Trinajstić information content (AvgIpc) is 3.09. The van der Waals surface area contributed by atoms with E-state index < -0.39 is 4.92 Å². The van der Waals surface area contributed by atoms with E-state index in [-0.39, 0.29) is 16.8 Å². The molecule has 2 aromatic carbocycles. The third-order valence-corrected chi connectivity index (χ3v) is 4.85. The summed E-state index contributed by atoms with van der Waals surface area (Å²) in [7, 11) is 0. The molecule has 3 aromatic rings. The number of nitro groups is 1. The van der Waals surface area contributed by atoms with Gasteiger partial charge in [0, 0.05) is 28.3 Å². The Hall–Kier alpha value is -3.20. The molecule has 0 aliphatic carbocycles. The SMILES string of the molecule is Cc1nc(-c2ccc(NC(=O)C(C)Sc3ccc([N+](=O)[O-])cc3)cc2)n[nH]1. The molecule has 9 heteroatoms. The number of anilines is 1. The van der Waals surface area contributed by atoms with Crippen molar-refractivity contribution >= 4 is 29.0 Å². The van der Waals surface area contributed by atoms with E-state index in [0.29, 0.717) is 11.5 Å². The standard InChI is InChI=1S/C18H17N5O3S/c1-11(27-16-9-7-15(8-10-16)23(25)26)18(24)20-14-5-3-13(4-6-14)17-19-12(2)21-22-17/h3-11H,1-2H3,(H,20,24)(H,19,21,22). The van der Waals surface area contributed by atoms with Crippen molar-refractivity contribution in [2.45, 2.75) is 24.0 Å². The monoisotopic (exact) mass is 383 g/mol. The molecule has 0 saturated carbocycles. The van der Waals surface area contributed by atoms with Crippen LogP contribution in [0.1, 0.15) is 12.7 Å². The van der Waals surface area contributed by atoms with E-state index in [1.807, 2.05) is 19.1 Å². The Labute approximate surface area is 159 Å². The topological polar surface area (TPSA) is 114 Å². The summed E-state index contributed by atoms with van der Waals surface area (Å²) in [6.45, 7) is 3.61. The molecule has 138 valence electrons. The number of hydrogen-bond acceptors (Lipinski definition) is 6. The lowest BCUT2D eigenvalue weighted by atomic mass is 10.2. The number of aromatic amines is 1. The van der Waals surface area contributed by atoms with Crippen LogP contribution in [-0.2, 0) is 4.79 Å². The van der Waals surface area contributed by atoms with E-state index in [1.165, 1.54) is 23.9 Å². The molecule has 0 bridgehead atoms. The number of thioether (sulfide) groups is 1. The quantitative estimate of drug-likeness (QED) is 0.380. The molecule has 1 amide bonds. The first kappa shape index (κ1) is 18.6. The van der Waals surface area contributed by atoms with Crippen LogP contribution < -0.4 is 5.32 Å². The largest absolute Gasteiger partial charge is 0.325 e. The van der Waals surface area contributed by atoms with E-state index in [4.69, 9.17) is 0 Å². The van der Waals surface area contributed by atoms with Crippen molar-refractivity contribution in [3.05, 3.63) is 64.5 Å². The molecule has 0 aliphatic heterocycles. The molecule has 3 rings (SSSR count). The lowest BCUT2D eigenvalue weighted by Crippen LogP contribution is -2.22. The van der Waals surface area contributed by atoms with Gasteiger partial charge in [-0.15, -0.1) is 11.8 Å². The van der Waals surface area contributed by atoms with Gasteiger partial charge in [-0.05, 0) is 50.2 Å². The van der Waals surface area contributed by atoms with Gasteiger partial charge in [0.15, 0.2) is 5.82 Å². The summed E-state index contributed by atoms with van der Waals surface area (Å²) in [5, 5.41) is 20.1. The van der Waals surface area contributed by atoms with Crippen LogP contribution in [0.25, 0.3) is 11.4 Å². The number of H-pyrrole nitrogens is 1. The Morgan fingerprint density at radius 2 is 1.85 bits per heavy atom. The molecule has 8 nitrogen and oxygen atoms in total. The number of nitrogens with zero attached hydrogens (tertiary/aromatic N) is 3. The number of aromatic nitrogens is 3. The van der Waals surface area contributed by atoms with Crippen molar-refractivity contribution in [2.75, 3.05) is 5.32 Å². The van der Waals surface area contributed by atoms with Crippen LogP contribution in [-0.4, -0.2) is 31.3 Å². The minimum atomic E-state index is -0.450. The highest BCUT2D eigenvalue weighted by Crippen LogP contribution is 2.26. The first-order valence-electron chi connectivity index (χ1n) is 8.14. The molecule has 0 fully saturated rings. The molecule has 2 N–H and O–H groups in total. The second kappa shape index (κ2) is 8.00. The number of aryl methyl sites for hydroxylation is 1. The van der Waals surface area contributed by atoms with Crippen molar-refractivity contribution in [1.82, 2.24) is 15.2 Å². The minimum Gasteiger partial charge on any atom is -0.325 e. The minimum absolute atomic E-state index is 0.0261. The van der Waals surface area contributed by atoms with E-state index in [0.717, 1.165) is 16.3 Å².